The lowest BCUT2D eigenvalue weighted by atomic mass is 9.90. The minimum atomic E-state index is 0.00305. The Hall–Kier alpha value is -1.92. The Morgan fingerprint density at radius 1 is 1.07 bits per heavy atom. The average molecular weight is 388 g/mol. The molecule has 154 valence electrons. The van der Waals surface area contributed by atoms with Crippen LogP contribution >= 0.6 is 0 Å². The third-order valence-electron chi connectivity index (χ3n) is 5.84. The molecule has 2 amide bonds. The molecule has 2 aliphatic rings. The van der Waals surface area contributed by atoms with Crippen molar-refractivity contribution >= 4 is 11.8 Å². The minimum absolute atomic E-state index is 0.00305. The number of carbonyl (C=O) groups excluding carboxylic acids is 2. The van der Waals surface area contributed by atoms with E-state index < -0.39 is 0 Å². The summed E-state index contributed by atoms with van der Waals surface area (Å²) < 4.78 is 5.35. The van der Waals surface area contributed by atoms with Gasteiger partial charge in [-0.2, -0.15) is 0 Å². The molecule has 28 heavy (non-hydrogen) atoms. The predicted octanol–water partition coefficient (Wildman–Crippen LogP) is 1.94. The van der Waals surface area contributed by atoms with E-state index in [0.29, 0.717) is 12.5 Å². The minimum Gasteiger partial charge on any atom is -0.379 e. The van der Waals surface area contributed by atoms with E-state index in [9.17, 15) is 9.59 Å². The number of hydrogen-bond donors (Lipinski definition) is 1. The number of hydrogen-bond acceptors (Lipinski definition) is 4. The Morgan fingerprint density at radius 3 is 2.39 bits per heavy atom. The van der Waals surface area contributed by atoms with Crippen LogP contribution in [0.5, 0.6) is 0 Å². The van der Waals surface area contributed by atoms with Crippen LogP contribution < -0.4 is 5.32 Å². The molecule has 2 aliphatic heterocycles. The van der Waals surface area contributed by atoms with E-state index >= 15 is 0 Å². The van der Waals surface area contributed by atoms with Gasteiger partial charge in [0.05, 0.1) is 13.2 Å². The molecular weight excluding hydrogens is 354 g/mol. The van der Waals surface area contributed by atoms with Crippen molar-refractivity contribution in [3.63, 3.8) is 0 Å². The van der Waals surface area contributed by atoms with Crippen LogP contribution in [-0.2, 0) is 16.0 Å². The fourth-order valence-corrected chi connectivity index (χ4v) is 4.01. The fourth-order valence-electron chi connectivity index (χ4n) is 4.01. The van der Waals surface area contributed by atoms with E-state index in [-0.39, 0.29) is 11.8 Å². The number of rotatable bonds is 7. The fraction of sp³-hybridized carbons (Fsp3) is 0.636. The van der Waals surface area contributed by atoms with Gasteiger partial charge in [-0.15, -0.1) is 0 Å². The topological polar surface area (TPSA) is 61.9 Å². The highest BCUT2D eigenvalue weighted by atomic mass is 16.5. The number of benzene rings is 1. The zero-order valence-corrected chi connectivity index (χ0v) is 17.0. The molecule has 0 spiro atoms. The van der Waals surface area contributed by atoms with E-state index in [1.165, 1.54) is 5.56 Å². The number of morpholine rings is 1. The summed E-state index contributed by atoms with van der Waals surface area (Å²) in [5, 5.41) is 3.02. The molecule has 1 aromatic carbocycles. The third kappa shape index (κ3) is 6.31. The van der Waals surface area contributed by atoms with Crippen molar-refractivity contribution in [2.24, 2.45) is 5.92 Å². The van der Waals surface area contributed by atoms with Crippen LogP contribution in [0.1, 0.15) is 42.1 Å². The molecule has 0 bridgehead atoms. The maximum atomic E-state index is 12.3. The second-order valence-corrected chi connectivity index (χ2v) is 7.91. The second kappa shape index (κ2) is 10.6. The SMILES string of the molecule is CC(=O)N1CCC(Cc2ccc(C(=O)NCCCN3CCOCC3)cc2)CC1. The van der Waals surface area contributed by atoms with E-state index in [1.54, 1.807) is 6.92 Å². The molecular formula is C22H33N3O3. The Bertz CT molecular complexity index is 633. The van der Waals surface area contributed by atoms with Crippen LogP contribution in [0, 0.1) is 5.92 Å². The molecule has 0 unspecified atom stereocenters. The third-order valence-corrected chi connectivity index (χ3v) is 5.84. The molecule has 1 aromatic rings. The van der Waals surface area contributed by atoms with Crippen molar-refractivity contribution in [3.8, 4) is 0 Å². The number of likely N-dealkylation sites (tertiary alicyclic amines) is 1. The highest BCUT2D eigenvalue weighted by Gasteiger charge is 2.20. The summed E-state index contributed by atoms with van der Waals surface area (Å²) >= 11 is 0. The summed E-state index contributed by atoms with van der Waals surface area (Å²) in [5.74, 6) is 0.803. The zero-order chi connectivity index (χ0) is 19.8. The van der Waals surface area contributed by atoms with Gasteiger partial charge in [0.15, 0.2) is 0 Å². The summed E-state index contributed by atoms with van der Waals surface area (Å²) in [6, 6.07) is 7.99. The normalized spacial score (nSPS) is 18.8. The van der Waals surface area contributed by atoms with Crippen molar-refractivity contribution in [1.29, 1.82) is 0 Å². The molecule has 6 nitrogen and oxygen atoms in total. The highest BCUT2D eigenvalue weighted by Crippen LogP contribution is 2.22. The molecule has 0 atom stereocenters. The number of ether oxygens (including phenoxy) is 1. The van der Waals surface area contributed by atoms with Gasteiger partial charge in [-0.3, -0.25) is 14.5 Å². The van der Waals surface area contributed by atoms with E-state index in [1.807, 2.05) is 17.0 Å². The van der Waals surface area contributed by atoms with Crippen molar-refractivity contribution < 1.29 is 14.3 Å². The number of amides is 2. The van der Waals surface area contributed by atoms with Crippen LogP contribution in [0.3, 0.4) is 0 Å². The summed E-state index contributed by atoms with van der Waals surface area (Å²) in [6.45, 7) is 8.69. The van der Waals surface area contributed by atoms with E-state index in [0.717, 1.165) is 77.2 Å². The Kier molecular flexibility index (Phi) is 7.86. The van der Waals surface area contributed by atoms with E-state index in [4.69, 9.17) is 4.74 Å². The van der Waals surface area contributed by atoms with Crippen molar-refractivity contribution in [2.75, 3.05) is 52.5 Å². The first kappa shape index (κ1) is 20.8. The molecule has 2 fully saturated rings. The van der Waals surface area contributed by atoms with Crippen LogP contribution in [0.2, 0.25) is 0 Å². The molecule has 2 saturated heterocycles. The maximum Gasteiger partial charge on any atom is 0.251 e. The smallest absolute Gasteiger partial charge is 0.251 e. The monoisotopic (exact) mass is 387 g/mol. The number of carbonyl (C=O) groups is 2. The van der Waals surface area contributed by atoms with Gasteiger partial charge in [-0.1, -0.05) is 12.1 Å². The molecule has 0 aliphatic carbocycles. The standard InChI is InChI=1S/C22H33N3O3/c1-18(26)25-11-7-20(8-12-25)17-19-3-5-21(6-4-19)22(27)23-9-2-10-24-13-15-28-16-14-24/h3-6,20H,2,7-17H2,1H3,(H,23,27). The average Bonchev–Trinajstić information content (AvgIpc) is 2.73. The van der Waals surface area contributed by atoms with Gasteiger partial charge in [0.25, 0.3) is 5.91 Å². The molecule has 6 heteroatoms. The first-order valence-corrected chi connectivity index (χ1v) is 10.5. The number of piperidine rings is 1. The van der Waals surface area contributed by atoms with E-state index in [2.05, 4.69) is 22.3 Å². The second-order valence-electron chi connectivity index (χ2n) is 7.91. The maximum absolute atomic E-state index is 12.3. The van der Waals surface area contributed by atoms with Gasteiger partial charge >= 0.3 is 0 Å². The van der Waals surface area contributed by atoms with Gasteiger partial charge in [-0.25, -0.2) is 0 Å². The lowest BCUT2D eigenvalue weighted by molar-refractivity contribution is -0.130. The number of nitrogens with zero attached hydrogens (tertiary/aromatic N) is 2. The first-order chi connectivity index (χ1) is 13.6. The van der Waals surface area contributed by atoms with Gasteiger partial charge in [-0.05, 0) is 55.8 Å². The predicted molar refractivity (Wildman–Crippen MR) is 109 cm³/mol. The van der Waals surface area contributed by atoms with Crippen molar-refractivity contribution in [1.82, 2.24) is 15.1 Å². The summed E-state index contributed by atoms with van der Waals surface area (Å²) in [4.78, 5) is 28.0. The first-order valence-electron chi connectivity index (χ1n) is 10.5. The molecule has 0 radical (unpaired) electrons. The summed E-state index contributed by atoms with van der Waals surface area (Å²) in [5.41, 5.74) is 1.99. The highest BCUT2D eigenvalue weighted by molar-refractivity contribution is 5.94. The summed E-state index contributed by atoms with van der Waals surface area (Å²) in [7, 11) is 0. The Labute approximate surface area is 168 Å². The molecule has 0 aromatic heterocycles. The lowest BCUT2D eigenvalue weighted by Gasteiger charge is -2.31. The van der Waals surface area contributed by atoms with Gasteiger partial charge < -0.3 is 15.0 Å². The van der Waals surface area contributed by atoms with Gasteiger partial charge in [0.1, 0.15) is 0 Å². The molecule has 1 N–H and O–H groups in total. The lowest BCUT2D eigenvalue weighted by Crippen LogP contribution is -2.38. The summed E-state index contributed by atoms with van der Waals surface area (Å²) in [6.07, 6.45) is 4.10. The number of nitrogens with one attached hydrogen (secondary N) is 1. The van der Waals surface area contributed by atoms with Gasteiger partial charge in [0, 0.05) is 45.2 Å². The Morgan fingerprint density at radius 2 is 1.75 bits per heavy atom. The Balaban J connectivity index is 1.36. The van der Waals surface area contributed by atoms with Crippen LogP contribution in [0.15, 0.2) is 24.3 Å². The quantitative estimate of drug-likeness (QED) is 0.727. The molecule has 3 rings (SSSR count). The van der Waals surface area contributed by atoms with Crippen LogP contribution in [0.25, 0.3) is 0 Å². The van der Waals surface area contributed by atoms with Crippen LogP contribution in [0.4, 0.5) is 0 Å². The zero-order valence-electron chi connectivity index (χ0n) is 17.0. The molecule has 2 heterocycles. The van der Waals surface area contributed by atoms with Gasteiger partial charge in [0.2, 0.25) is 5.91 Å². The largest absolute Gasteiger partial charge is 0.379 e. The molecule has 0 saturated carbocycles. The van der Waals surface area contributed by atoms with Crippen molar-refractivity contribution in [3.05, 3.63) is 35.4 Å². The van der Waals surface area contributed by atoms with Crippen molar-refractivity contribution in [2.45, 2.75) is 32.6 Å². The van der Waals surface area contributed by atoms with Crippen LogP contribution in [-0.4, -0.2) is 74.1 Å².